The average molecular weight is 339 g/mol. The van der Waals surface area contributed by atoms with Gasteiger partial charge in [-0.3, -0.25) is 9.59 Å². The lowest BCUT2D eigenvalue weighted by Gasteiger charge is -2.13. The van der Waals surface area contributed by atoms with Gasteiger partial charge in [0.15, 0.2) is 0 Å². The number of hydrogen-bond donors (Lipinski definition) is 2. The molecule has 0 heterocycles. The van der Waals surface area contributed by atoms with Crippen LogP contribution in [-0.2, 0) is 11.4 Å². The number of carboxylic acid groups (broad SMARTS) is 1. The molecule has 1 aliphatic rings. The number of nitrogens with one attached hydrogen (secondary N) is 1. The van der Waals surface area contributed by atoms with E-state index >= 15 is 0 Å². The monoisotopic (exact) mass is 339 g/mol. The van der Waals surface area contributed by atoms with E-state index in [1.807, 2.05) is 30.3 Å². The quantitative estimate of drug-likeness (QED) is 0.847. The van der Waals surface area contributed by atoms with Crippen LogP contribution in [0.4, 0.5) is 0 Å². The largest absolute Gasteiger partial charge is 0.489 e. The van der Waals surface area contributed by atoms with E-state index in [0.29, 0.717) is 37.2 Å². The molecule has 5 nitrogen and oxygen atoms in total. The minimum atomic E-state index is -0.781. The molecule has 0 unspecified atom stereocenters. The van der Waals surface area contributed by atoms with Gasteiger partial charge in [0.2, 0.25) is 0 Å². The Bertz CT molecular complexity index is 727. The van der Waals surface area contributed by atoms with Crippen molar-refractivity contribution in [1.29, 1.82) is 0 Å². The number of rotatable bonds is 6. The van der Waals surface area contributed by atoms with Gasteiger partial charge in [-0.2, -0.15) is 0 Å². The van der Waals surface area contributed by atoms with Gasteiger partial charge in [0.25, 0.3) is 5.91 Å². The number of hydrogen-bond acceptors (Lipinski definition) is 3. The zero-order chi connectivity index (χ0) is 17.6. The molecule has 2 atom stereocenters. The van der Waals surface area contributed by atoms with E-state index in [0.717, 1.165) is 5.56 Å². The normalized spacial score (nSPS) is 19.4. The fourth-order valence-electron chi connectivity index (χ4n) is 3.05. The molecule has 0 aliphatic heterocycles. The van der Waals surface area contributed by atoms with Crippen LogP contribution in [0.2, 0.25) is 0 Å². The zero-order valence-corrected chi connectivity index (χ0v) is 13.9. The Morgan fingerprint density at radius 2 is 1.76 bits per heavy atom. The molecule has 3 rings (SSSR count). The topological polar surface area (TPSA) is 75.6 Å². The number of carbonyl (C=O) groups is 2. The fraction of sp³-hybridized carbons (Fsp3) is 0.300. The van der Waals surface area contributed by atoms with E-state index in [2.05, 4.69) is 5.32 Å². The van der Waals surface area contributed by atoms with E-state index in [-0.39, 0.29) is 17.9 Å². The predicted molar refractivity (Wildman–Crippen MR) is 93.4 cm³/mol. The molecule has 2 aromatic carbocycles. The molecule has 1 saturated carbocycles. The smallest absolute Gasteiger partial charge is 0.306 e. The van der Waals surface area contributed by atoms with Crippen molar-refractivity contribution >= 4 is 11.9 Å². The van der Waals surface area contributed by atoms with Crippen LogP contribution in [0, 0.1) is 5.92 Å². The van der Waals surface area contributed by atoms with Gasteiger partial charge in [-0.05, 0) is 49.1 Å². The summed E-state index contributed by atoms with van der Waals surface area (Å²) in [5.74, 6) is -0.603. The van der Waals surface area contributed by atoms with Gasteiger partial charge >= 0.3 is 5.97 Å². The van der Waals surface area contributed by atoms with Gasteiger partial charge in [-0.25, -0.2) is 0 Å². The van der Waals surface area contributed by atoms with Crippen LogP contribution in [0.3, 0.4) is 0 Å². The number of aliphatic carboxylic acids is 1. The van der Waals surface area contributed by atoms with Gasteiger partial charge < -0.3 is 15.2 Å². The number of amides is 1. The third-order valence-corrected chi connectivity index (χ3v) is 4.48. The highest BCUT2D eigenvalue weighted by Gasteiger charge is 2.30. The molecule has 1 fully saturated rings. The first-order valence-electron chi connectivity index (χ1n) is 8.42. The van der Waals surface area contributed by atoms with Crippen LogP contribution >= 0.6 is 0 Å². The molecule has 0 saturated heterocycles. The number of ether oxygens (including phenoxy) is 1. The highest BCUT2D eigenvalue weighted by atomic mass is 16.5. The van der Waals surface area contributed by atoms with Crippen molar-refractivity contribution in [2.75, 3.05) is 0 Å². The lowest BCUT2D eigenvalue weighted by molar-refractivity contribution is -0.141. The molecule has 130 valence electrons. The highest BCUT2D eigenvalue weighted by molar-refractivity contribution is 5.94. The Morgan fingerprint density at radius 1 is 1.04 bits per heavy atom. The molecule has 2 N–H and O–H groups in total. The van der Waals surface area contributed by atoms with Crippen LogP contribution in [0.5, 0.6) is 5.75 Å². The molecular formula is C20H21NO4. The molecule has 2 aromatic rings. The number of carbonyl (C=O) groups excluding carboxylic acids is 1. The minimum absolute atomic E-state index is 0.0670. The standard InChI is InChI=1S/C20H21NO4/c22-19(21-17-9-6-16(12-17)20(23)24)15-7-10-18(11-8-15)25-13-14-4-2-1-3-5-14/h1-5,7-8,10-11,16-17H,6,9,12-13H2,(H,21,22)(H,23,24)/t16-,17+/m1/s1. The van der Waals surface area contributed by atoms with E-state index in [1.54, 1.807) is 24.3 Å². The molecule has 0 aromatic heterocycles. The summed E-state index contributed by atoms with van der Waals surface area (Å²) in [6.45, 7) is 0.477. The third kappa shape index (κ3) is 4.59. The maximum absolute atomic E-state index is 12.3. The van der Waals surface area contributed by atoms with E-state index in [9.17, 15) is 9.59 Å². The summed E-state index contributed by atoms with van der Waals surface area (Å²) in [7, 11) is 0. The molecule has 1 amide bonds. The summed E-state index contributed by atoms with van der Waals surface area (Å²) in [5, 5.41) is 11.9. The Morgan fingerprint density at radius 3 is 2.40 bits per heavy atom. The van der Waals surface area contributed by atoms with E-state index < -0.39 is 5.97 Å². The van der Waals surface area contributed by atoms with Gasteiger partial charge in [-0.15, -0.1) is 0 Å². The maximum Gasteiger partial charge on any atom is 0.306 e. The Hall–Kier alpha value is -2.82. The first-order valence-corrected chi connectivity index (χ1v) is 8.42. The van der Waals surface area contributed by atoms with Crippen molar-refractivity contribution in [2.45, 2.75) is 31.9 Å². The first kappa shape index (κ1) is 17.0. The van der Waals surface area contributed by atoms with E-state index in [1.165, 1.54) is 0 Å². The Kier molecular flexibility index (Phi) is 5.33. The molecule has 5 heteroatoms. The highest BCUT2D eigenvalue weighted by Crippen LogP contribution is 2.26. The lowest BCUT2D eigenvalue weighted by Crippen LogP contribution is -2.33. The molecule has 0 radical (unpaired) electrons. The summed E-state index contributed by atoms with van der Waals surface area (Å²) in [5.41, 5.74) is 1.63. The minimum Gasteiger partial charge on any atom is -0.489 e. The SMILES string of the molecule is O=C(N[C@H]1CC[C@@H](C(=O)O)C1)c1ccc(OCc2ccccc2)cc1. The van der Waals surface area contributed by atoms with Gasteiger partial charge in [-0.1, -0.05) is 30.3 Å². The molecular weight excluding hydrogens is 318 g/mol. The zero-order valence-electron chi connectivity index (χ0n) is 13.9. The van der Waals surface area contributed by atoms with Crippen LogP contribution in [0.15, 0.2) is 54.6 Å². The van der Waals surface area contributed by atoms with Crippen LogP contribution in [0.25, 0.3) is 0 Å². The summed E-state index contributed by atoms with van der Waals surface area (Å²) >= 11 is 0. The van der Waals surface area contributed by atoms with Crippen LogP contribution in [-0.4, -0.2) is 23.0 Å². The molecule has 1 aliphatic carbocycles. The number of benzene rings is 2. The van der Waals surface area contributed by atoms with Gasteiger partial charge in [0, 0.05) is 11.6 Å². The van der Waals surface area contributed by atoms with Crippen molar-refractivity contribution < 1.29 is 19.4 Å². The van der Waals surface area contributed by atoms with Crippen molar-refractivity contribution in [1.82, 2.24) is 5.32 Å². The molecule has 0 bridgehead atoms. The summed E-state index contributed by atoms with van der Waals surface area (Å²) < 4.78 is 5.70. The number of carboxylic acids is 1. The summed E-state index contributed by atoms with van der Waals surface area (Å²) in [4.78, 5) is 23.2. The lowest BCUT2D eigenvalue weighted by atomic mass is 10.1. The second kappa shape index (κ2) is 7.83. The van der Waals surface area contributed by atoms with Crippen LogP contribution < -0.4 is 10.1 Å². The fourth-order valence-corrected chi connectivity index (χ4v) is 3.05. The average Bonchev–Trinajstić information content (AvgIpc) is 3.10. The van der Waals surface area contributed by atoms with Gasteiger partial charge in [0.1, 0.15) is 12.4 Å². The second-order valence-corrected chi connectivity index (χ2v) is 6.32. The third-order valence-electron chi connectivity index (χ3n) is 4.48. The summed E-state index contributed by atoms with van der Waals surface area (Å²) in [6, 6.07) is 16.8. The van der Waals surface area contributed by atoms with Crippen molar-refractivity contribution in [3.8, 4) is 5.75 Å². The van der Waals surface area contributed by atoms with Crippen molar-refractivity contribution in [3.63, 3.8) is 0 Å². The summed E-state index contributed by atoms with van der Waals surface area (Å²) in [6.07, 6.45) is 1.83. The Labute approximate surface area is 146 Å². The Balaban J connectivity index is 1.51. The van der Waals surface area contributed by atoms with Crippen molar-refractivity contribution in [3.05, 3.63) is 65.7 Å². The predicted octanol–water partition coefficient (Wildman–Crippen LogP) is 3.25. The maximum atomic E-state index is 12.3. The van der Waals surface area contributed by atoms with Gasteiger partial charge in [0.05, 0.1) is 5.92 Å². The molecule has 25 heavy (non-hydrogen) atoms. The molecule has 0 spiro atoms. The second-order valence-electron chi connectivity index (χ2n) is 6.32. The van der Waals surface area contributed by atoms with Crippen LogP contribution in [0.1, 0.15) is 35.2 Å². The first-order chi connectivity index (χ1) is 12.1. The van der Waals surface area contributed by atoms with Crippen molar-refractivity contribution in [2.24, 2.45) is 5.92 Å². The van der Waals surface area contributed by atoms with E-state index in [4.69, 9.17) is 9.84 Å².